The Bertz CT molecular complexity index is 2180. The van der Waals surface area contributed by atoms with Gasteiger partial charge in [0.25, 0.3) is 0 Å². The van der Waals surface area contributed by atoms with Crippen LogP contribution < -0.4 is 5.32 Å². The average Bonchev–Trinajstić information content (AvgIpc) is 0.797. The molecule has 0 bridgehead atoms. The van der Waals surface area contributed by atoms with Crippen LogP contribution in [0.5, 0.6) is 0 Å². The van der Waals surface area contributed by atoms with E-state index in [1.807, 2.05) is 6.08 Å². The maximum Gasteiger partial charge on any atom is 0.220 e. The van der Waals surface area contributed by atoms with Gasteiger partial charge in [-0.15, -0.1) is 0 Å². The van der Waals surface area contributed by atoms with E-state index in [-0.39, 0.29) is 18.9 Å². The average molecular weight is 1340 g/mol. The van der Waals surface area contributed by atoms with Gasteiger partial charge in [0.05, 0.1) is 32.0 Å². The third-order valence-corrected chi connectivity index (χ3v) is 17.5. The van der Waals surface area contributed by atoms with Gasteiger partial charge in [-0.3, -0.25) is 4.79 Å². The fourth-order valence-corrected chi connectivity index (χ4v) is 11.5. The molecule has 2 saturated heterocycles. The topological polar surface area (TPSA) is 228 Å². The SMILES string of the molecule is CC/C=C\C/C=C\C/C=C\C/C=C\C/C=C\C/C=C\C/C=C\C/C=C\C/C=C\C/C=C\CCCCCCC(=O)NC(COC1OC(CO)C(OC2OC(CO)C(O)C(O)C2O)C(O)C1O)C(O)/C=C/CC/C=C/CCCCCCCCCCCCCCCCCCCCCCC. The molecule has 0 radical (unpaired) electrons. The molecule has 0 aliphatic carbocycles. The molecule has 2 aliphatic heterocycles. The van der Waals surface area contributed by atoms with Gasteiger partial charge in [-0.25, -0.2) is 0 Å². The predicted molar refractivity (Wildman–Crippen MR) is 396 cm³/mol. The highest BCUT2D eigenvalue weighted by Crippen LogP contribution is 2.30. The van der Waals surface area contributed by atoms with Crippen molar-refractivity contribution in [3.8, 4) is 0 Å². The molecular weight excluding hydrogens is 1210 g/mol. The number of nitrogens with one attached hydrogen (secondary N) is 1. The highest BCUT2D eigenvalue weighted by atomic mass is 16.7. The van der Waals surface area contributed by atoms with Crippen molar-refractivity contribution in [1.29, 1.82) is 0 Å². The van der Waals surface area contributed by atoms with Crippen molar-refractivity contribution in [3.63, 3.8) is 0 Å². The highest BCUT2D eigenvalue weighted by Gasteiger charge is 2.51. The third kappa shape index (κ3) is 47.0. The van der Waals surface area contributed by atoms with Crippen LogP contribution in [0.15, 0.2) is 146 Å². The lowest BCUT2D eigenvalue weighted by Gasteiger charge is -2.46. The molecule has 0 saturated carbocycles. The molecule has 0 aromatic carbocycles. The molecule has 96 heavy (non-hydrogen) atoms. The quantitative estimate of drug-likeness (QED) is 0.0204. The Morgan fingerprint density at radius 1 is 0.385 bits per heavy atom. The zero-order valence-electron chi connectivity index (χ0n) is 59.8. The van der Waals surface area contributed by atoms with Crippen LogP contribution in [0.3, 0.4) is 0 Å². The molecular formula is C82H137NO13. The van der Waals surface area contributed by atoms with E-state index in [4.69, 9.17) is 18.9 Å². The molecule has 1 amide bonds. The zero-order chi connectivity index (χ0) is 69.4. The van der Waals surface area contributed by atoms with Gasteiger partial charge in [0.1, 0.15) is 48.8 Å². The summed E-state index contributed by atoms with van der Waals surface area (Å²) in [5.74, 6) is -0.277. The molecule has 14 nitrogen and oxygen atoms in total. The molecule has 9 N–H and O–H groups in total. The molecule has 0 aromatic heterocycles. The van der Waals surface area contributed by atoms with Gasteiger partial charge in [-0.2, -0.15) is 0 Å². The summed E-state index contributed by atoms with van der Waals surface area (Å²) in [5.41, 5.74) is 0. The van der Waals surface area contributed by atoms with E-state index in [1.54, 1.807) is 6.08 Å². The maximum atomic E-state index is 13.4. The van der Waals surface area contributed by atoms with Crippen LogP contribution in [-0.4, -0.2) is 140 Å². The number of amides is 1. The largest absolute Gasteiger partial charge is 0.394 e. The number of carbonyl (C=O) groups excluding carboxylic acids is 1. The molecule has 2 rings (SSSR count). The first kappa shape index (κ1) is 88.0. The van der Waals surface area contributed by atoms with Crippen molar-refractivity contribution in [3.05, 3.63) is 146 Å². The second kappa shape index (κ2) is 64.3. The number of aliphatic hydroxyl groups excluding tert-OH is 8. The van der Waals surface area contributed by atoms with Gasteiger partial charge in [0.2, 0.25) is 5.91 Å². The number of hydrogen-bond donors (Lipinski definition) is 9. The summed E-state index contributed by atoms with van der Waals surface area (Å²) in [5, 5.41) is 87.5. The lowest BCUT2D eigenvalue weighted by atomic mass is 9.97. The van der Waals surface area contributed by atoms with E-state index in [0.717, 1.165) is 103 Å². The molecule has 12 atom stereocenters. The number of rotatable bonds is 61. The van der Waals surface area contributed by atoms with E-state index in [1.165, 1.54) is 135 Å². The minimum absolute atomic E-state index is 0.234. The lowest BCUT2D eigenvalue weighted by Crippen LogP contribution is -2.65. The first-order valence-corrected chi connectivity index (χ1v) is 38.1. The summed E-state index contributed by atoms with van der Waals surface area (Å²) in [6.45, 7) is 2.66. The Labute approximate surface area is 583 Å². The summed E-state index contributed by atoms with van der Waals surface area (Å²) in [7, 11) is 0. The highest BCUT2D eigenvalue weighted by molar-refractivity contribution is 5.76. The Morgan fingerprint density at radius 2 is 0.729 bits per heavy atom. The summed E-state index contributed by atoms with van der Waals surface area (Å²) in [6, 6.07) is -0.959. The first-order chi connectivity index (χ1) is 47.1. The lowest BCUT2D eigenvalue weighted by molar-refractivity contribution is -0.359. The van der Waals surface area contributed by atoms with Crippen molar-refractivity contribution in [2.45, 2.75) is 344 Å². The predicted octanol–water partition coefficient (Wildman–Crippen LogP) is 16.8. The number of hydrogen-bond acceptors (Lipinski definition) is 13. The van der Waals surface area contributed by atoms with Crippen molar-refractivity contribution < 1.29 is 64.6 Å². The van der Waals surface area contributed by atoms with E-state index in [0.29, 0.717) is 12.8 Å². The Kier molecular flexibility index (Phi) is 58.9. The van der Waals surface area contributed by atoms with Crippen molar-refractivity contribution in [1.82, 2.24) is 5.32 Å². The van der Waals surface area contributed by atoms with Gasteiger partial charge in [-0.1, -0.05) is 301 Å². The van der Waals surface area contributed by atoms with Gasteiger partial charge < -0.3 is 65.1 Å². The van der Waals surface area contributed by atoms with Crippen LogP contribution in [0.25, 0.3) is 0 Å². The van der Waals surface area contributed by atoms with E-state index in [2.05, 4.69) is 153 Å². The number of carbonyl (C=O) groups is 1. The van der Waals surface area contributed by atoms with Crippen molar-refractivity contribution >= 4 is 5.91 Å². The minimum Gasteiger partial charge on any atom is -0.394 e. The smallest absolute Gasteiger partial charge is 0.220 e. The number of ether oxygens (including phenoxy) is 4. The van der Waals surface area contributed by atoms with Gasteiger partial charge in [0, 0.05) is 6.42 Å². The summed E-state index contributed by atoms with van der Waals surface area (Å²) in [4.78, 5) is 13.4. The fraction of sp³-hybridized carbons (Fsp3) is 0.695. The number of allylic oxidation sites excluding steroid dienone is 23. The third-order valence-electron chi connectivity index (χ3n) is 17.5. The standard InChI is InChI=1S/C82H137NO13/c1-3-5-7-9-11-13-15-17-19-21-23-25-27-29-31-32-33-34-35-36-37-38-40-42-44-46-48-50-52-54-56-58-60-62-64-66-74(87)83-70(69-93-81-79(92)77(90)80(73(68-85)95-81)96-82-78(91)76(89)75(88)72(67-84)94-82)71(86)65-63-61-59-57-55-53-51-49-47-45-43-41-39-30-28-26-24-22-20-18-16-14-12-10-8-6-4-2/h5,7,11,13,17,19,23,25,29,31,33-34,36-37,40,42,46,48,52,54-55,57,63,65,70-73,75-82,84-86,88-92H,3-4,6,8-10,12,14-16,18,20-22,24,26-28,30,32,35,38-39,41,43-45,47,49-51,53,56,58-62,64,66-69H2,1-2H3,(H,83,87)/b7-5-,13-11-,19-17-,25-23-,31-29-,34-33-,37-36-,42-40-,48-46-,54-52-,57-55+,65-63+. The summed E-state index contributed by atoms with van der Waals surface area (Å²) >= 11 is 0. The first-order valence-electron chi connectivity index (χ1n) is 38.1. The van der Waals surface area contributed by atoms with Crippen LogP contribution in [0, 0.1) is 0 Å². The summed E-state index contributed by atoms with van der Waals surface area (Å²) in [6.07, 6.45) is 80.5. The van der Waals surface area contributed by atoms with Gasteiger partial charge >= 0.3 is 0 Å². The second-order valence-electron chi connectivity index (χ2n) is 26.0. The molecule has 0 spiro atoms. The molecule has 2 fully saturated rings. The molecule has 12 unspecified atom stereocenters. The maximum absolute atomic E-state index is 13.4. The Morgan fingerprint density at radius 3 is 1.15 bits per heavy atom. The Hall–Kier alpha value is -4.13. The zero-order valence-corrected chi connectivity index (χ0v) is 59.8. The van der Waals surface area contributed by atoms with Gasteiger partial charge in [0.15, 0.2) is 12.6 Å². The van der Waals surface area contributed by atoms with Crippen LogP contribution >= 0.6 is 0 Å². The molecule has 548 valence electrons. The van der Waals surface area contributed by atoms with E-state index in [9.17, 15) is 45.6 Å². The normalized spacial score (nSPS) is 23.1. The van der Waals surface area contributed by atoms with Crippen molar-refractivity contribution in [2.24, 2.45) is 0 Å². The Balaban J connectivity index is 1.70. The van der Waals surface area contributed by atoms with Crippen LogP contribution in [0.1, 0.15) is 271 Å². The molecule has 0 aromatic rings. The molecule has 2 heterocycles. The fourth-order valence-electron chi connectivity index (χ4n) is 11.5. The van der Waals surface area contributed by atoms with Crippen molar-refractivity contribution in [2.75, 3.05) is 19.8 Å². The van der Waals surface area contributed by atoms with E-state index >= 15 is 0 Å². The molecule has 2 aliphatic rings. The van der Waals surface area contributed by atoms with Gasteiger partial charge in [-0.05, 0) is 109 Å². The second-order valence-corrected chi connectivity index (χ2v) is 26.0. The van der Waals surface area contributed by atoms with E-state index < -0.39 is 86.8 Å². The minimum atomic E-state index is -1.80. The van der Waals surface area contributed by atoms with Crippen LogP contribution in [0.4, 0.5) is 0 Å². The van der Waals surface area contributed by atoms with Crippen LogP contribution in [-0.2, 0) is 23.7 Å². The monoisotopic (exact) mass is 1340 g/mol. The summed E-state index contributed by atoms with van der Waals surface area (Å²) < 4.78 is 22.8. The number of unbranched alkanes of at least 4 members (excludes halogenated alkanes) is 26. The number of aliphatic hydroxyl groups is 8. The molecule has 14 heteroatoms. The van der Waals surface area contributed by atoms with Crippen LogP contribution in [0.2, 0.25) is 0 Å².